The van der Waals surface area contributed by atoms with Crippen LogP contribution in [0.4, 0.5) is 0 Å². The molecule has 1 saturated heterocycles. The molecule has 12 heavy (non-hydrogen) atoms. The van der Waals surface area contributed by atoms with Crippen LogP contribution in [0, 0.1) is 16.7 Å². The van der Waals surface area contributed by atoms with E-state index in [4.69, 9.17) is 14.7 Å². The van der Waals surface area contributed by atoms with Gasteiger partial charge in [-0.2, -0.15) is 5.26 Å². The van der Waals surface area contributed by atoms with Crippen LogP contribution in [-0.2, 0) is 14.3 Å². The van der Waals surface area contributed by atoms with Crippen LogP contribution in [0.5, 0.6) is 0 Å². The monoisotopic (exact) mass is 169 g/mol. The maximum atomic E-state index is 11.0. The maximum absolute atomic E-state index is 11.0. The van der Waals surface area contributed by atoms with Crippen molar-refractivity contribution >= 4 is 5.97 Å². The van der Waals surface area contributed by atoms with Gasteiger partial charge in [0.15, 0.2) is 0 Å². The van der Waals surface area contributed by atoms with Gasteiger partial charge < -0.3 is 9.47 Å². The molecular formula is C8H11NO3. The van der Waals surface area contributed by atoms with Crippen LogP contribution >= 0.6 is 0 Å². The van der Waals surface area contributed by atoms with Crippen LogP contribution in [0.15, 0.2) is 0 Å². The number of esters is 1. The molecule has 1 rings (SSSR count). The van der Waals surface area contributed by atoms with E-state index in [1.807, 2.05) is 0 Å². The third kappa shape index (κ3) is 1.74. The van der Waals surface area contributed by atoms with Crippen LogP contribution in [0.2, 0.25) is 0 Å². The number of hydrogen-bond donors (Lipinski definition) is 0. The summed E-state index contributed by atoms with van der Waals surface area (Å²) >= 11 is 0. The van der Waals surface area contributed by atoms with Crippen molar-refractivity contribution in [3.05, 3.63) is 0 Å². The summed E-state index contributed by atoms with van der Waals surface area (Å²) in [5.41, 5.74) is -0.605. The van der Waals surface area contributed by atoms with E-state index >= 15 is 0 Å². The highest BCUT2D eigenvalue weighted by molar-refractivity contribution is 5.71. The molecule has 1 aliphatic rings. The summed E-state index contributed by atoms with van der Waals surface area (Å²) in [6, 6.07) is 2.08. The minimum atomic E-state index is -0.605. The Bertz CT molecular complexity index is 215. The Labute approximate surface area is 71.1 Å². The number of nitrogens with zero attached hydrogens (tertiary/aromatic N) is 1. The summed E-state index contributed by atoms with van der Waals surface area (Å²) < 4.78 is 9.61. The highest BCUT2D eigenvalue weighted by Crippen LogP contribution is 2.30. The molecule has 1 fully saturated rings. The number of hydrogen-bond acceptors (Lipinski definition) is 4. The van der Waals surface area contributed by atoms with Gasteiger partial charge in [-0.25, -0.2) is 0 Å². The fraction of sp³-hybridized carbons (Fsp3) is 0.750. The van der Waals surface area contributed by atoms with E-state index < -0.39 is 5.41 Å². The smallest absolute Gasteiger partial charge is 0.307 e. The minimum Gasteiger partial charge on any atom is -0.466 e. The lowest BCUT2D eigenvalue weighted by Gasteiger charge is -2.33. The van der Waals surface area contributed by atoms with Gasteiger partial charge in [-0.1, -0.05) is 0 Å². The molecule has 0 spiro atoms. The normalized spacial score (nSPS) is 19.0. The van der Waals surface area contributed by atoms with Gasteiger partial charge in [0.05, 0.1) is 32.3 Å². The van der Waals surface area contributed by atoms with E-state index in [2.05, 4.69) is 6.07 Å². The summed E-state index contributed by atoms with van der Waals surface area (Å²) in [4.78, 5) is 11.0. The Morgan fingerprint density at radius 2 is 2.42 bits per heavy atom. The molecule has 1 heterocycles. The van der Waals surface area contributed by atoms with Crippen molar-refractivity contribution in [2.75, 3.05) is 19.8 Å². The molecule has 0 aromatic carbocycles. The second kappa shape index (κ2) is 3.55. The van der Waals surface area contributed by atoms with Gasteiger partial charge in [0.2, 0.25) is 0 Å². The molecule has 66 valence electrons. The maximum Gasteiger partial charge on any atom is 0.307 e. The van der Waals surface area contributed by atoms with Crippen LogP contribution in [0.25, 0.3) is 0 Å². The first kappa shape index (κ1) is 9.01. The minimum absolute atomic E-state index is 0.150. The van der Waals surface area contributed by atoms with Crippen LogP contribution in [0.1, 0.15) is 13.3 Å². The van der Waals surface area contributed by atoms with Crippen LogP contribution in [-0.4, -0.2) is 25.8 Å². The van der Waals surface area contributed by atoms with Gasteiger partial charge in [-0.15, -0.1) is 0 Å². The highest BCUT2D eigenvalue weighted by Gasteiger charge is 2.41. The van der Waals surface area contributed by atoms with Crippen molar-refractivity contribution in [1.29, 1.82) is 5.26 Å². The molecule has 0 aromatic rings. The zero-order valence-corrected chi connectivity index (χ0v) is 7.00. The van der Waals surface area contributed by atoms with Crippen LogP contribution in [0.3, 0.4) is 0 Å². The lowest BCUT2D eigenvalue weighted by Crippen LogP contribution is -2.43. The van der Waals surface area contributed by atoms with Gasteiger partial charge in [0.1, 0.15) is 5.41 Å². The first-order valence-electron chi connectivity index (χ1n) is 3.87. The van der Waals surface area contributed by atoms with Gasteiger partial charge >= 0.3 is 5.97 Å². The molecule has 0 bridgehead atoms. The average molecular weight is 169 g/mol. The zero-order valence-electron chi connectivity index (χ0n) is 7.00. The van der Waals surface area contributed by atoms with E-state index in [0.717, 1.165) is 0 Å². The number of rotatable bonds is 3. The van der Waals surface area contributed by atoms with Crippen molar-refractivity contribution in [2.45, 2.75) is 13.3 Å². The second-order valence-corrected chi connectivity index (χ2v) is 2.87. The standard InChI is InChI=1S/C8H11NO3/c1-2-12-7(10)3-8(4-9)5-11-6-8/h2-3,5-6H2,1H3. The Morgan fingerprint density at radius 3 is 2.75 bits per heavy atom. The number of carbonyl (C=O) groups excluding carboxylic acids is 1. The second-order valence-electron chi connectivity index (χ2n) is 2.87. The number of ether oxygens (including phenoxy) is 2. The molecule has 0 aromatic heterocycles. The van der Waals surface area contributed by atoms with Gasteiger partial charge in [-0.3, -0.25) is 4.79 Å². The predicted molar refractivity (Wildman–Crippen MR) is 40.1 cm³/mol. The fourth-order valence-electron chi connectivity index (χ4n) is 1.04. The molecule has 0 N–H and O–H groups in total. The first-order chi connectivity index (χ1) is 5.72. The Kier molecular flexibility index (Phi) is 2.66. The van der Waals surface area contributed by atoms with Crippen molar-refractivity contribution in [3.63, 3.8) is 0 Å². The highest BCUT2D eigenvalue weighted by atomic mass is 16.5. The molecule has 0 radical (unpaired) electrons. The van der Waals surface area contributed by atoms with E-state index in [9.17, 15) is 4.79 Å². The van der Waals surface area contributed by atoms with Gasteiger partial charge in [0, 0.05) is 0 Å². The Morgan fingerprint density at radius 1 is 1.75 bits per heavy atom. The molecule has 0 saturated carbocycles. The number of carbonyl (C=O) groups is 1. The lowest BCUT2D eigenvalue weighted by atomic mass is 9.84. The van der Waals surface area contributed by atoms with Crippen molar-refractivity contribution in [3.8, 4) is 6.07 Å². The summed E-state index contributed by atoms with van der Waals surface area (Å²) in [5.74, 6) is -0.317. The van der Waals surface area contributed by atoms with E-state index in [0.29, 0.717) is 19.8 Å². The lowest BCUT2D eigenvalue weighted by molar-refractivity contribution is -0.153. The molecule has 4 nitrogen and oxygen atoms in total. The summed E-state index contributed by atoms with van der Waals surface area (Å²) in [5, 5.41) is 8.72. The quantitative estimate of drug-likeness (QED) is 0.576. The SMILES string of the molecule is CCOC(=O)CC1(C#N)COC1. The predicted octanol–water partition coefficient (Wildman–Crippen LogP) is 0.480. The van der Waals surface area contributed by atoms with Crippen LogP contribution < -0.4 is 0 Å². The van der Waals surface area contributed by atoms with Gasteiger partial charge in [0.25, 0.3) is 0 Å². The first-order valence-corrected chi connectivity index (χ1v) is 3.87. The molecule has 0 unspecified atom stereocenters. The average Bonchev–Trinajstić information content (AvgIpc) is 1.97. The van der Waals surface area contributed by atoms with E-state index in [1.165, 1.54) is 0 Å². The Hall–Kier alpha value is -1.08. The topological polar surface area (TPSA) is 59.3 Å². The summed E-state index contributed by atoms with van der Waals surface area (Å²) in [6.45, 7) is 2.81. The summed E-state index contributed by atoms with van der Waals surface area (Å²) in [7, 11) is 0. The Balaban J connectivity index is 2.39. The molecule has 0 atom stereocenters. The molecular weight excluding hydrogens is 158 g/mol. The van der Waals surface area contributed by atoms with E-state index in [-0.39, 0.29) is 12.4 Å². The van der Waals surface area contributed by atoms with Crippen molar-refractivity contribution in [2.24, 2.45) is 5.41 Å². The third-order valence-corrected chi connectivity index (χ3v) is 1.78. The van der Waals surface area contributed by atoms with Crippen molar-refractivity contribution < 1.29 is 14.3 Å². The number of nitriles is 1. The largest absolute Gasteiger partial charge is 0.466 e. The fourth-order valence-corrected chi connectivity index (χ4v) is 1.04. The molecule has 4 heteroatoms. The zero-order chi connectivity index (χ0) is 9.03. The molecule has 0 amide bonds. The third-order valence-electron chi connectivity index (χ3n) is 1.78. The molecule has 0 aliphatic carbocycles. The van der Waals surface area contributed by atoms with Gasteiger partial charge in [-0.05, 0) is 6.92 Å². The van der Waals surface area contributed by atoms with E-state index in [1.54, 1.807) is 6.92 Å². The summed E-state index contributed by atoms with van der Waals surface area (Å²) in [6.07, 6.45) is 0.150. The van der Waals surface area contributed by atoms with Crippen molar-refractivity contribution in [1.82, 2.24) is 0 Å². The molecule has 1 aliphatic heterocycles.